The van der Waals surface area contributed by atoms with Gasteiger partial charge in [-0.15, -0.1) is 0 Å². The first kappa shape index (κ1) is 17.4. The van der Waals surface area contributed by atoms with Crippen LogP contribution in [0.3, 0.4) is 0 Å². The standard InChI is InChI=1S/C23H19N3O3/c1-14-5-4-10-24-19(14)12-20-16-6-2-3-7-17(16)22(27)26(20)13-15-8-9-18-21(11-15)29-23(28)25-18/h2-11,20H,12-13H2,1H3,(H,25,28)/t20-/m0/s1. The third kappa shape index (κ3) is 3.02. The van der Waals surface area contributed by atoms with Crippen LogP contribution >= 0.6 is 0 Å². The molecule has 0 saturated carbocycles. The Balaban J connectivity index is 1.53. The number of pyridine rings is 1. The Morgan fingerprint density at radius 1 is 1.10 bits per heavy atom. The summed E-state index contributed by atoms with van der Waals surface area (Å²) in [6, 6.07) is 17.1. The van der Waals surface area contributed by atoms with Crippen LogP contribution in [0.4, 0.5) is 0 Å². The quantitative estimate of drug-likeness (QED) is 0.580. The molecule has 0 radical (unpaired) electrons. The van der Waals surface area contributed by atoms with Gasteiger partial charge in [-0.1, -0.05) is 30.3 Å². The lowest BCUT2D eigenvalue weighted by Crippen LogP contribution is -2.29. The Labute approximate surface area is 166 Å². The molecule has 0 bridgehead atoms. The molecule has 1 atom stereocenters. The van der Waals surface area contributed by atoms with Gasteiger partial charge in [-0.2, -0.15) is 0 Å². The van der Waals surface area contributed by atoms with Crippen LogP contribution in [0.1, 0.15) is 38.8 Å². The highest BCUT2D eigenvalue weighted by molar-refractivity contribution is 5.99. The summed E-state index contributed by atoms with van der Waals surface area (Å²) < 4.78 is 5.18. The molecule has 0 unspecified atom stereocenters. The molecule has 1 aliphatic rings. The maximum absolute atomic E-state index is 13.2. The van der Waals surface area contributed by atoms with E-state index in [-0.39, 0.29) is 11.9 Å². The van der Waals surface area contributed by atoms with E-state index in [9.17, 15) is 9.59 Å². The molecule has 1 N–H and O–H groups in total. The number of aromatic nitrogens is 2. The molecule has 144 valence electrons. The van der Waals surface area contributed by atoms with Gasteiger partial charge in [-0.05, 0) is 47.9 Å². The first-order valence-electron chi connectivity index (χ1n) is 9.52. The van der Waals surface area contributed by atoms with Crippen LogP contribution in [0.5, 0.6) is 0 Å². The first-order chi connectivity index (χ1) is 14.1. The van der Waals surface area contributed by atoms with E-state index < -0.39 is 5.76 Å². The van der Waals surface area contributed by atoms with Gasteiger partial charge in [0.1, 0.15) is 0 Å². The number of hydrogen-bond acceptors (Lipinski definition) is 4. The van der Waals surface area contributed by atoms with E-state index in [1.54, 1.807) is 12.3 Å². The minimum Gasteiger partial charge on any atom is -0.408 e. The Morgan fingerprint density at radius 2 is 1.97 bits per heavy atom. The number of carbonyl (C=O) groups is 1. The first-order valence-corrected chi connectivity index (χ1v) is 9.52. The monoisotopic (exact) mass is 385 g/mol. The minimum absolute atomic E-state index is 0.00908. The van der Waals surface area contributed by atoms with Crippen molar-refractivity contribution in [3.8, 4) is 0 Å². The highest BCUT2D eigenvalue weighted by Gasteiger charge is 2.36. The van der Waals surface area contributed by atoms with Gasteiger partial charge in [0, 0.05) is 30.4 Å². The highest BCUT2D eigenvalue weighted by atomic mass is 16.4. The zero-order chi connectivity index (χ0) is 20.0. The highest BCUT2D eigenvalue weighted by Crippen LogP contribution is 2.37. The summed E-state index contributed by atoms with van der Waals surface area (Å²) in [7, 11) is 0. The number of nitrogens with one attached hydrogen (secondary N) is 1. The average molecular weight is 385 g/mol. The van der Waals surface area contributed by atoms with E-state index in [2.05, 4.69) is 9.97 Å². The molecule has 1 amide bonds. The number of benzene rings is 2. The molecule has 2 aromatic heterocycles. The molecule has 0 aliphatic carbocycles. The predicted octanol–water partition coefficient (Wildman–Crippen LogP) is 3.76. The van der Waals surface area contributed by atoms with Crippen LogP contribution in [0.25, 0.3) is 11.1 Å². The van der Waals surface area contributed by atoms with Crippen LogP contribution in [-0.2, 0) is 13.0 Å². The molecule has 4 aromatic rings. The van der Waals surface area contributed by atoms with Gasteiger partial charge in [0.05, 0.1) is 11.6 Å². The van der Waals surface area contributed by atoms with Crippen molar-refractivity contribution in [2.24, 2.45) is 0 Å². The molecule has 0 spiro atoms. The molecule has 3 heterocycles. The Kier molecular flexibility index (Phi) is 4.05. The smallest absolute Gasteiger partial charge is 0.408 e. The Morgan fingerprint density at radius 3 is 2.83 bits per heavy atom. The molecule has 6 nitrogen and oxygen atoms in total. The van der Waals surface area contributed by atoms with Crippen molar-refractivity contribution in [2.45, 2.75) is 25.9 Å². The van der Waals surface area contributed by atoms with Gasteiger partial charge in [-0.3, -0.25) is 14.8 Å². The third-order valence-corrected chi connectivity index (χ3v) is 5.53. The summed E-state index contributed by atoms with van der Waals surface area (Å²) in [5.41, 5.74) is 5.91. The van der Waals surface area contributed by atoms with Crippen molar-refractivity contribution in [1.82, 2.24) is 14.9 Å². The second kappa shape index (κ2) is 6.74. The number of hydrogen-bond donors (Lipinski definition) is 1. The topological polar surface area (TPSA) is 79.2 Å². The number of oxazole rings is 1. The molecular formula is C23H19N3O3. The Hall–Kier alpha value is -3.67. The van der Waals surface area contributed by atoms with Gasteiger partial charge in [0.2, 0.25) is 0 Å². The molecule has 2 aromatic carbocycles. The van der Waals surface area contributed by atoms with Crippen molar-refractivity contribution in [2.75, 3.05) is 0 Å². The second-order valence-electron chi connectivity index (χ2n) is 7.35. The SMILES string of the molecule is Cc1cccnc1C[C@H]1c2ccccc2C(=O)N1Cc1ccc2[nH]c(=O)oc2c1. The van der Waals surface area contributed by atoms with Crippen molar-refractivity contribution < 1.29 is 9.21 Å². The normalized spacial score (nSPS) is 15.8. The summed E-state index contributed by atoms with van der Waals surface area (Å²) in [5, 5.41) is 0. The fraction of sp³-hybridized carbons (Fsp3) is 0.174. The molecule has 5 rings (SSSR count). The summed E-state index contributed by atoms with van der Waals surface area (Å²) in [5.74, 6) is -0.472. The number of nitrogens with zero attached hydrogens (tertiary/aromatic N) is 2. The zero-order valence-electron chi connectivity index (χ0n) is 15.9. The van der Waals surface area contributed by atoms with Crippen LogP contribution < -0.4 is 5.76 Å². The van der Waals surface area contributed by atoms with E-state index in [1.807, 2.05) is 60.4 Å². The molecule has 1 aliphatic heterocycles. The van der Waals surface area contributed by atoms with Crippen molar-refractivity contribution in [1.29, 1.82) is 0 Å². The summed E-state index contributed by atoms with van der Waals surface area (Å²) in [6.45, 7) is 2.46. The van der Waals surface area contributed by atoms with Crippen LogP contribution in [0, 0.1) is 6.92 Å². The predicted molar refractivity (Wildman–Crippen MR) is 109 cm³/mol. The number of H-pyrrole nitrogens is 1. The minimum atomic E-state index is -0.481. The van der Waals surface area contributed by atoms with E-state index in [4.69, 9.17) is 4.42 Å². The van der Waals surface area contributed by atoms with E-state index in [0.29, 0.717) is 24.1 Å². The fourth-order valence-corrected chi connectivity index (χ4v) is 4.05. The van der Waals surface area contributed by atoms with Gasteiger partial charge in [0.25, 0.3) is 5.91 Å². The lowest BCUT2D eigenvalue weighted by atomic mass is 9.98. The molecule has 29 heavy (non-hydrogen) atoms. The van der Waals surface area contributed by atoms with Crippen LogP contribution in [0.15, 0.2) is 70.0 Å². The maximum atomic E-state index is 13.2. The molecule has 0 saturated heterocycles. The average Bonchev–Trinajstić information content (AvgIpc) is 3.21. The van der Waals surface area contributed by atoms with Gasteiger partial charge >= 0.3 is 5.76 Å². The van der Waals surface area contributed by atoms with Crippen LogP contribution in [-0.4, -0.2) is 20.8 Å². The van der Waals surface area contributed by atoms with Crippen molar-refractivity contribution >= 4 is 17.0 Å². The number of rotatable bonds is 4. The fourth-order valence-electron chi connectivity index (χ4n) is 4.05. The number of fused-ring (bicyclic) bond motifs is 2. The Bertz CT molecular complexity index is 1290. The number of aromatic amines is 1. The lowest BCUT2D eigenvalue weighted by Gasteiger charge is -2.26. The van der Waals surface area contributed by atoms with Crippen molar-refractivity contribution in [3.05, 3.63) is 99.3 Å². The molecule has 0 fully saturated rings. The number of carbonyl (C=O) groups excluding carboxylic acids is 1. The second-order valence-corrected chi connectivity index (χ2v) is 7.35. The number of aryl methyl sites for hydroxylation is 1. The van der Waals surface area contributed by atoms with E-state index >= 15 is 0 Å². The summed E-state index contributed by atoms with van der Waals surface area (Å²) in [6.07, 6.45) is 2.44. The summed E-state index contributed by atoms with van der Waals surface area (Å²) >= 11 is 0. The van der Waals surface area contributed by atoms with Crippen LogP contribution in [0.2, 0.25) is 0 Å². The largest absolute Gasteiger partial charge is 0.417 e. The number of amides is 1. The van der Waals surface area contributed by atoms with Gasteiger partial charge in [0.15, 0.2) is 5.58 Å². The molecular weight excluding hydrogens is 366 g/mol. The lowest BCUT2D eigenvalue weighted by molar-refractivity contribution is 0.0708. The van der Waals surface area contributed by atoms with Gasteiger partial charge in [-0.25, -0.2) is 4.79 Å². The van der Waals surface area contributed by atoms with Gasteiger partial charge < -0.3 is 9.32 Å². The van der Waals surface area contributed by atoms with E-state index in [1.165, 1.54) is 0 Å². The summed E-state index contributed by atoms with van der Waals surface area (Å²) in [4.78, 5) is 33.7. The molecule has 6 heteroatoms. The third-order valence-electron chi connectivity index (χ3n) is 5.53. The maximum Gasteiger partial charge on any atom is 0.417 e. The zero-order valence-corrected chi connectivity index (χ0v) is 15.9. The van der Waals surface area contributed by atoms with Crippen molar-refractivity contribution in [3.63, 3.8) is 0 Å². The van der Waals surface area contributed by atoms with E-state index in [0.717, 1.165) is 27.9 Å².